The van der Waals surface area contributed by atoms with Crippen molar-refractivity contribution in [2.24, 2.45) is 0 Å². The topological polar surface area (TPSA) is 67.9 Å². The van der Waals surface area contributed by atoms with Crippen molar-refractivity contribution in [3.05, 3.63) is 58.7 Å². The van der Waals surface area contributed by atoms with Gasteiger partial charge in [0, 0.05) is 24.3 Å². The molecule has 1 N–H and O–H groups in total. The number of carbonyl (C=O) groups excluding carboxylic acids is 2. The summed E-state index contributed by atoms with van der Waals surface area (Å²) >= 11 is 0. The number of hydrogen-bond donors (Lipinski definition) is 1. The van der Waals surface area contributed by atoms with Crippen LogP contribution in [0.5, 0.6) is 5.75 Å². The number of nitrogens with zero attached hydrogens (tertiary/aromatic N) is 1. The first kappa shape index (κ1) is 26.6. The minimum Gasteiger partial charge on any atom is -0.493 e. The number of amides is 1. The number of ether oxygens (including phenoxy) is 2. The summed E-state index contributed by atoms with van der Waals surface area (Å²) in [6.45, 7) is 10.8. The number of benzene rings is 2. The zero-order chi connectivity index (χ0) is 25.2. The van der Waals surface area contributed by atoms with Gasteiger partial charge in [0.1, 0.15) is 11.3 Å². The quantitative estimate of drug-likeness (QED) is 0.414. The number of piperidine rings is 1. The van der Waals surface area contributed by atoms with E-state index in [1.54, 1.807) is 25.1 Å². The number of esters is 1. The highest BCUT2D eigenvalue weighted by Gasteiger charge is 2.23. The van der Waals surface area contributed by atoms with Crippen molar-refractivity contribution in [1.29, 1.82) is 0 Å². The second-order valence-corrected chi connectivity index (χ2v) is 9.12. The maximum Gasteiger partial charge on any atom is 0.341 e. The van der Waals surface area contributed by atoms with Gasteiger partial charge in [0.2, 0.25) is 5.91 Å². The van der Waals surface area contributed by atoms with Crippen molar-refractivity contribution in [2.45, 2.75) is 72.3 Å². The summed E-state index contributed by atoms with van der Waals surface area (Å²) in [4.78, 5) is 27.9. The molecular weight excluding hydrogens is 440 g/mol. The first-order chi connectivity index (χ1) is 17.0. The van der Waals surface area contributed by atoms with Crippen LogP contribution in [0.2, 0.25) is 0 Å². The minimum atomic E-state index is -0.417. The molecule has 6 nitrogen and oxygen atoms in total. The average Bonchev–Trinajstić information content (AvgIpc) is 2.84. The number of rotatable bonds is 11. The second-order valence-electron chi connectivity index (χ2n) is 9.12. The van der Waals surface area contributed by atoms with Crippen molar-refractivity contribution in [3.8, 4) is 5.75 Å². The third-order valence-corrected chi connectivity index (χ3v) is 6.46. The largest absolute Gasteiger partial charge is 0.493 e. The molecule has 3 rings (SSSR count). The lowest BCUT2D eigenvalue weighted by atomic mass is 9.94. The molecule has 1 aliphatic rings. The highest BCUT2D eigenvalue weighted by Crippen LogP contribution is 2.34. The van der Waals surface area contributed by atoms with Gasteiger partial charge < -0.3 is 19.7 Å². The van der Waals surface area contributed by atoms with E-state index in [-0.39, 0.29) is 18.4 Å². The Bertz CT molecular complexity index is 998. The number of aryl methyl sites for hydroxylation is 1. The van der Waals surface area contributed by atoms with Crippen LogP contribution in [-0.2, 0) is 16.0 Å². The highest BCUT2D eigenvalue weighted by molar-refractivity contribution is 5.93. The summed E-state index contributed by atoms with van der Waals surface area (Å²) in [5.74, 6) is -0.00460. The molecule has 0 saturated carbocycles. The fourth-order valence-corrected chi connectivity index (χ4v) is 4.87. The normalized spacial score (nSPS) is 14.3. The predicted octanol–water partition coefficient (Wildman–Crippen LogP) is 5.76. The lowest BCUT2D eigenvalue weighted by molar-refractivity contribution is -0.121. The predicted molar refractivity (Wildman–Crippen MR) is 140 cm³/mol. The lowest BCUT2D eigenvalue weighted by Crippen LogP contribution is -2.34. The number of anilines is 1. The van der Waals surface area contributed by atoms with Crippen molar-refractivity contribution in [1.82, 2.24) is 5.32 Å². The van der Waals surface area contributed by atoms with E-state index in [4.69, 9.17) is 9.47 Å². The van der Waals surface area contributed by atoms with E-state index < -0.39 is 5.97 Å². The molecule has 0 aromatic heterocycles. The molecule has 6 heteroatoms. The molecule has 1 atom stereocenters. The van der Waals surface area contributed by atoms with Gasteiger partial charge in [0.25, 0.3) is 0 Å². The van der Waals surface area contributed by atoms with E-state index in [9.17, 15) is 9.59 Å². The smallest absolute Gasteiger partial charge is 0.341 e. The molecule has 1 unspecified atom stereocenters. The maximum atomic E-state index is 13.2. The average molecular weight is 481 g/mol. The van der Waals surface area contributed by atoms with E-state index in [0.717, 1.165) is 31.5 Å². The zero-order valence-corrected chi connectivity index (χ0v) is 21.7. The molecule has 1 aliphatic heterocycles. The Balaban J connectivity index is 1.80. The van der Waals surface area contributed by atoms with E-state index in [2.05, 4.69) is 42.3 Å². The first-order valence-electron chi connectivity index (χ1n) is 13.0. The molecule has 1 amide bonds. The van der Waals surface area contributed by atoms with Gasteiger partial charge in [0.05, 0.1) is 25.7 Å². The van der Waals surface area contributed by atoms with Crippen LogP contribution in [0.4, 0.5) is 5.69 Å². The van der Waals surface area contributed by atoms with Gasteiger partial charge in [-0.15, -0.1) is 0 Å². The molecule has 0 spiro atoms. The van der Waals surface area contributed by atoms with Crippen molar-refractivity contribution in [2.75, 3.05) is 31.2 Å². The van der Waals surface area contributed by atoms with Crippen LogP contribution >= 0.6 is 0 Å². The maximum absolute atomic E-state index is 13.2. The first-order valence-corrected chi connectivity index (χ1v) is 13.0. The van der Waals surface area contributed by atoms with Crippen LogP contribution < -0.4 is 15.0 Å². The monoisotopic (exact) mass is 480 g/mol. The molecule has 2 aromatic carbocycles. The van der Waals surface area contributed by atoms with Gasteiger partial charge in [-0.25, -0.2) is 4.79 Å². The molecular formula is C29H40N2O4. The molecule has 1 heterocycles. The van der Waals surface area contributed by atoms with Gasteiger partial charge in [0.15, 0.2) is 0 Å². The Kier molecular flexibility index (Phi) is 10.0. The van der Waals surface area contributed by atoms with E-state index in [1.165, 1.54) is 36.1 Å². The third-order valence-electron chi connectivity index (χ3n) is 6.46. The molecule has 35 heavy (non-hydrogen) atoms. The van der Waals surface area contributed by atoms with Crippen LogP contribution in [0.3, 0.4) is 0 Å². The molecule has 0 radical (unpaired) electrons. The van der Waals surface area contributed by atoms with Crippen LogP contribution in [0.1, 0.15) is 86.0 Å². The van der Waals surface area contributed by atoms with Crippen LogP contribution in [-0.4, -0.2) is 38.2 Å². The molecule has 2 aromatic rings. The van der Waals surface area contributed by atoms with Crippen molar-refractivity contribution < 1.29 is 19.1 Å². The number of hydrogen-bond acceptors (Lipinski definition) is 5. The lowest BCUT2D eigenvalue weighted by Gasteiger charge is -2.33. The molecule has 0 aliphatic carbocycles. The van der Waals surface area contributed by atoms with Crippen LogP contribution in [0.25, 0.3) is 0 Å². The molecule has 1 saturated heterocycles. The van der Waals surface area contributed by atoms with Crippen molar-refractivity contribution >= 4 is 17.6 Å². The Morgan fingerprint density at radius 2 is 1.80 bits per heavy atom. The van der Waals surface area contributed by atoms with E-state index >= 15 is 0 Å². The van der Waals surface area contributed by atoms with Gasteiger partial charge in [-0.2, -0.15) is 0 Å². The van der Waals surface area contributed by atoms with Gasteiger partial charge in [-0.05, 0) is 75.8 Å². The Labute approximate surface area is 210 Å². The van der Waals surface area contributed by atoms with E-state index in [0.29, 0.717) is 24.5 Å². The summed E-state index contributed by atoms with van der Waals surface area (Å²) in [6, 6.07) is 11.7. The van der Waals surface area contributed by atoms with Gasteiger partial charge in [-0.3, -0.25) is 4.79 Å². The fourth-order valence-electron chi connectivity index (χ4n) is 4.87. The molecule has 0 bridgehead atoms. The van der Waals surface area contributed by atoms with Crippen LogP contribution in [0.15, 0.2) is 36.4 Å². The van der Waals surface area contributed by atoms with Crippen LogP contribution in [0, 0.1) is 6.92 Å². The summed E-state index contributed by atoms with van der Waals surface area (Å²) in [5.41, 5.74) is 4.88. The van der Waals surface area contributed by atoms with Crippen molar-refractivity contribution in [3.63, 3.8) is 0 Å². The Morgan fingerprint density at radius 1 is 1.03 bits per heavy atom. The standard InChI is InChI=1S/C29H40N2O4/c1-5-12-24(28-21(4)13-11-14-25(28)31-17-9-8-10-18-31)30-27(32)20-22-15-16-23(29(33)35-7-3)26(19-22)34-6-2/h11,13-16,19,24H,5-10,12,17-18,20H2,1-4H3,(H,30,32). The summed E-state index contributed by atoms with van der Waals surface area (Å²) in [7, 11) is 0. The highest BCUT2D eigenvalue weighted by atomic mass is 16.5. The fraction of sp³-hybridized carbons (Fsp3) is 0.517. The zero-order valence-electron chi connectivity index (χ0n) is 21.7. The molecule has 1 fully saturated rings. The summed E-state index contributed by atoms with van der Waals surface area (Å²) in [5, 5.41) is 3.31. The second kappa shape index (κ2) is 13.2. The minimum absolute atomic E-state index is 0.0392. The third kappa shape index (κ3) is 7.00. The SMILES string of the molecule is CCCC(NC(=O)Cc1ccc(C(=O)OCC)c(OCC)c1)c1c(C)cccc1N1CCCCC1. The number of nitrogens with one attached hydrogen (secondary N) is 1. The summed E-state index contributed by atoms with van der Waals surface area (Å²) < 4.78 is 10.8. The Hall–Kier alpha value is -3.02. The van der Waals surface area contributed by atoms with Gasteiger partial charge >= 0.3 is 5.97 Å². The van der Waals surface area contributed by atoms with Gasteiger partial charge in [-0.1, -0.05) is 31.5 Å². The summed E-state index contributed by atoms with van der Waals surface area (Å²) in [6.07, 6.45) is 5.77. The van der Waals surface area contributed by atoms with E-state index in [1.807, 2.05) is 6.92 Å². The molecule has 190 valence electrons. The number of carbonyl (C=O) groups is 2. The Morgan fingerprint density at radius 3 is 2.49 bits per heavy atom.